The Hall–Kier alpha value is -0.870. The molecule has 1 aromatic rings. The second-order valence-corrected chi connectivity index (χ2v) is 4.13. The first kappa shape index (κ1) is 13.2. The predicted octanol–water partition coefficient (Wildman–Crippen LogP) is 2.02. The molecule has 92 valence electrons. The van der Waals surface area contributed by atoms with Gasteiger partial charge in [0, 0.05) is 25.4 Å². The Bertz CT molecular complexity index is 318. The maximum atomic E-state index is 6.32. The monoisotopic (exact) mass is 225 g/mol. The fourth-order valence-electron chi connectivity index (χ4n) is 2.18. The first-order chi connectivity index (χ1) is 7.59. The van der Waals surface area contributed by atoms with E-state index in [0.29, 0.717) is 6.61 Å². The number of rotatable bonds is 6. The molecule has 0 amide bonds. The van der Waals surface area contributed by atoms with Gasteiger partial charge in [-0.15, -0.1) is 0 Å². The molecule has 0 saturated carbocycles. The van der Waals surface area contributed by atoms with Crippen LogP contribution in [-0.4, -0.2) is 22.0 Å². The average molecular weight is 225 g/mol. The summed E-state index contributed by atoms with van der Waals surface area (Å²) in [5, 5.41) is 4.16. The van der Waals surface area contributed by atoms with Gasteiger partial charge in [0.1, 0.15) is 0 Å². The molecule has 1 unspecified atom stereocenters. The molecule has 4 nitrogen and oxygen atoms in total. The van der Waals surface area contributed by atoms with Gasteiger partial charge in [-0.05, 0) is 19.8 Å². The van der Waals surface area contributed by atoms with Gasteiger partial charge in [-0.1, -0.05) is 13.8 Å². The molecule has 16 heavy (non-hydrogen) atoms. The number of hydrogen-bond donors (Lipinski definition) is 1. The predicted molar refractivity (Wildman–Crippen MR) is 65.1 cm³/mol. The molecule has 2 N–H and O–H groups in total. The van der Waals surface area contributed by atoms with Crippen molar-refractivity contribution in [3.05, 3.63) is 18.0 Å². The third kappa shape index (κ3) is 2.44. The van der Waals surface area contributed by atoms with E-state index in [0.717, 1.165) is 18.4 Å². The van der Waals surface area contributed by atoms with E-state index in [1.807, 2.05) is 26.4 Å². The van der Waals surface area contributed by atoms with Crippen LogP contribution in [0.5, 0.6) is 0 Å². The zero-order chi connectivity index (χ0) is 12.2. The summed E-state index contributed by atoms with van der Waals surface area (Å²) in [4.78, 5) is 0. The lowest BCUT2D eigenvalue weighted by Crippen LogP contribution is -2.42. The van der Waals surface area contributed by atoms with Gasteiger partial charge in [0.25, 0.3) is 0 Å². The molecule has 0 fully saturated rings. The highest BCUT2D eigenvalue weighted by Crippen LogP contribution is 2.33. The van der Waals surface area contributed by atoms with E-state index in [9.17, 15) is 0 Å². The third-order valence-electron chi connectivity index (χ3n) is 3.28. The van der Waals surface area contributed by atoms with Gasteiger partial charge >= 0.3 is 0 Å². The second-order valence-electron chi connectivity index (χ2n) is 4.13. The molecule has 1 atom stereocenters. The van der Waals surface area contributed by atoms with Gasteiger partial charge in [0.15, 0.2) is 0 Å². The third-order valence-corrected chi connectivity index (χ3v) is 3.28. The zero-order valence-corrected chi connectivity index (χ0v) is 10.7. The number of nitrogens with zero attached hydrogens (tertiary/aromatic N) is 2. The summed E-state index contributed by atoms with van der Waals surface area (Å²) in [6.45, 7) is 6.94. The minimum absolute atomic E-state index is 0.115. The van der Waals surface area contributed by atoms with E-state index in [2.05, 4.69) is 18.9 Å². The van der Waals surface area contributed by atoms with E-state index in [1.54, 1.807) is 4.68 Å². The van der Waals surface area contributed by atoms with E-state index < -0.39 is 0 Å². The van der Waals surface area contributed by atoms with Crippen LogP contribution in [0.3, 0.4) is 0 Å². The van der Waals surface area contributed by atoms with Gasteiger partial charge in [-0.2, -0.15) is 5.10 Å². The summed E-state index contributed by atoms with van der Waals surface area (Å²) in [5.41, 5.74) is 7.09. The first-order valence-corrected chi connectivity index (χ1v) is 5.97. The van der Waals surface area contributed by atoms with Crippen molar-refractivity contribution in [3.63, 3.8) is 0 Å². The number of ether oxygens (including phenoxy) is 1. The Morgan fingerprint density at radius 2 is 2.06 bits per heavy atom. The smallest absolute Gasteiger partial charge is 0.0869 e. The lowest BCUT2D eigenvalue weighted by Gasteiger charge is -2.36. The van der Waals surface area contributed by atoms with Gasteiger partial charge in [-0.25, -0.2) is 0 Å². The Balaban J connectivity index is 2.94. The van der Waals surface area contributed by atoms with Crippen molar-refractivity contribution in [2.75, 3.05) is 6.61 Å². The van der Waals surface area contributed by atoms with E-state index in [-0.39, 0.29) is 11.6 Å². The highest BCUT2D eigenvalue weighted by atomic mass is 16.5. The number of aryl methyl sites for hydroxylation is 1. The van der Waals surface area contributed by atoms with E-state index >= 15 is 0 Å². The number of nitrogens with two attached hydrogens (primary N) is 1. The molecule has 0 aromatic carbocycles. The quantitative estimate of drug-likeness (QED) is 0.805. The molecule has 1 rings (SSSR count). The molecule has 4 heteroatoms. The highest BCUT2D eigenvalue weighted by Gasteiger charge is 2.35. The normalized spacial score (nSPS) is 14.1. The molecule has 0 saturated heterocycles. The van der Waals surface area contributed by atoms with Gasteiger partial charge in [0.05, 0.1) is 17.8 Å². The number of aromatic nitrogens is 2. The standard InChI is InChI=1S/C12H23N3O/c1-5-12(6-2,16-7-3)11(13)10-8-14-15(4)9-10/h8-9,11H,5-7,13H2,1-4H3. The van der Waals surface area contributed by atoms with Crippen molar-refractivity contribution in [3.8, 4) is 0 Å². The van der Waals surface area contributed by atoms with Crippen LogP contribution in [0.4, 0.5) is 0 Å². The van der Waals surface area contributed by atoms with Crippen molar-refractivity contribution in [1.82, 2.24) is 9.78 Å². The first-order valence-electron chi connectivity index (χ1n) is 5.97. The minimum atomic E-state index is -0.266. The van der Waals surface area contributed by atoms with Crippen LogP contribution in [0.2, 0.25) is 0 Å². The summed E-state index contributed by atoms with van der Waals surface area (Å²) in [5.74, 6) is 0. The molecule has 0 aliphatic rings. The lowest BCUT2D eigenvalue weighted by molar-refractivity contribution is -0.0645. The Morgan fingerprint density at radius 1 is 1.44 bits per heavy atom. The van der Waals surface area contributed by atoms with Crippen molar-refractivity contribution in [2.45, 2.75) is 45.3 Å². The molecule has 1 heterocycles. The molecule has 0 aliphatic heterocycles. The molecule has 0 aliphatic carbocycles. The van der Waals surface area contributed by atoms with Gasteiger partial charge in [0.2, 0.25) is 0 Å². The summed E-state index contributed by atoms with van der Waals surface area (Å²) in [7, 11) is 1.90. The van der Waals surface area contributed by atoms with Crippen molar-refractivity contribution >= 4 is 0 Å². The Kier molecular flexibility index (Phi) is 4.50. The van der Waals surface area contributed by atoms with Crippen LogP contribution >= 0.6 is 0 Å². The second kappa shape index (κ2) is 5.46. The Morgan fingerprint density at radius 3 is 2.44 bits per heavy atom. The minimum Gasteiger partial charge on any atom is -0.373 e. The summed E-state index contributed by atoms with van der Waals surface area (Å²) in [6, 6.07) is -0.115. The van der Waals surface area contributed by atoms with Crippen LogP contribution in [-0.2, 0) is 11.8 Å². The van der Waals surface area contributed by atoms with Crippen LogP contribution < -0.4 is 5.73 Å². The topological polar surface area (TPSA) is 53.1 Å². The van der Waals surface area contributed by atoms with E-state index in [4.69, 9.17) is 10.5 Å². The van der Waals surface area contributed by atoms with Crippen LogP contribution in [0.15, 0.2) is 12.4 Å². The molecule has 0 radical (unpaired) electrons. The summed E-state index contributed by atoms with van der Waals surface area (Å²) in [6.07, 6.45) is 5.61. The molecule has 0 bridgehead atoms. The lowest BCUT2D eigenvalue weighted by atomic mass is 9.85. The van der Waals surface area contributed by atoms with E-state index in [1.165, 1.54) is 0 Å². The molecule has 1 aromatic heterocycles. The highest BCUT2D eigenvalue weighted by molar-refractivity contribution is 5.15. The van der Waals surface area contributed by atoms with Crippen LogP contribution in [0, 0.1) is 0 Å². The zero-order valence-electron chi connectivity index (χ0n) is 10.7. The van der Waals surface area contributed by atoms with Crippen molar-refractivity contribution in [2.24, 2.45) is 12.8 Å². The summed E-state index contributed by atoms with van der Waals surface area (Å²) >= 11 is 0. The van der Waals surface area contributed by atoms with Crippen LogP contribution in [0.25, 0.3) is 0 Å². The maximum Gasteiger partial charge on any atom is 0.0869 e. The fraction of sp³-hybridized carbons (Fsp3) is 0.750. The Labute approximate surface area is 97.8 Å². The maximum absolute atomic E-state index is 6.32. The van der Waals surface area contributed by atoms with Crippen molar-refractivity contribution in [1.29, 1.82) is 0 Å². The molecular formula is C12H23N3O. The largest absolute Gasteiger partial charge is 0.373 e. The SMILES string of the molecule is CCOC(CC)(CC)C(N)c1cnn(C)c1. The molecular weight excluding hydrogens is 202 g/mol. The van der Waals surface area contributed by atoms with Gasteiger partial charge < -0.3 is 10.5 Å². The average Bonchev–Trinajstić information content (AvgIpc) is 2.72. The van der Waals surface area contributed by atoms with Gasteiger partial charge in [-0.3, -0.25) is 4.68 Å². The van der Waals surface area contributed by atoms with Crippen molar-refractivity contribution < 1.29 is 4.74 Å². The number of hydrogen-bond acceptors (Lipinski definition) is 3. The molecule has 0 spiro atoms. The fourth-order valence-corrected chi connectivity index (χ4v) is 2.18. The van der Waals surface area contributed by atoms with Crippen LogP contribution in [0.1, 0.15) is 45.2 Å². The summed E-state index contributed by atoms with van der Waals surface area (Å²) < 4.78 is 7.67.